The first-order valence-electron chi connectivity index (χ1n) is 7.04. The van der Waals surface area contributed by atoms with Gasteiger partial charge in [-0.1, -0.05) is 26.0 Å². The Morgan fingerprint density at radius 2 is 2.00 bits per heavy atom. The van der Waals surface area contributed by atoms with Crippen molar-refractivity contribution in [1.82, 2.24) is 4.90 Å². The molecule has 0 heterocycles. The maximum Gasteiger partial charge on any atom is 0.122 e. The van der Waals surface area contributed by atoms with E-state index in [9.17, 15) is 0 Å². The fourth-order valence-corrected chi connectivity index (χ4v) is 2.12. The molecule has 0 unspecified atom stereocenters. The lowest BCUT2D eigenvalue weighted by Crippen LogP contribution is -2.23. The summed E-state index contributed by atoms with van der Waals surface area (Å²) < 4.78 is 5.43. The molecular formula is C16H27NO2. The molecule has 0 saturated heterocycles. The standard InChI is InChI=1S/C16H27NO2/c1-13(2)14-6-7-16(19-4)15(12-14)8-10-17(3)9-5-11-18/h6-7,12-13,18H,5,8-11H2,1-4H3. The number of benzene rings is 1. The van der Waals surface area contributed by atoms with E-state index in [4.69, 9.17) is 9.84 Å². The van der Waals surface area contributed by atoms with Crippen molar-refractivity contribution in [3.8, 4) is 5.75 Å². The lowest BCUT2D eigenvalue weighted by Gasteiger charge is -2.18. The minimum atomic E-state index is 0.260. The van der Waals surface area contributed by atoms with E-state index >= 15 is 0 Å². The van der Waals surface area contributed by atoms with Gasteiger partial charge in [-0.15, -0.1) is 0 Å². The highest BCUT2D eigenvalue weighted by Gasteiger charge is 2.08. The third-order valence-electron chi connectivity index (χ3n) is 3.43. The number of aliphatic hydroxyl groups excluding tert-OH is 1. The van der Waals surface area contributed by atoms with Crippen molar-refractivity contribution in [3.63, 3.8) is 0 Å². The summed E-state index contributed by atoms with van der Waals surface area (Å²) in [5, 5.41) is 8.83. The van der Waals surface area contributed by atoms with Gasteiger partial charge in [0.15, 0.2) is 0 Å². The number of aliphatic hydroxyl groups is 1. The molecule has 0 radical (unpaired) electrons. The van der Waals surface area contributed by atoms with E-state index in [1.807, 2.05) is 0 Å². The summed E-state index contributed by atoms with van der Waals surface area (Å²) in [6.45, 7) is 6.59. The minimum absolute atomic E-state index is 0.260. The van der Waals surface area contributed by atoms with Crippen LogP contribution in [-0.2, 0) is 6.42 Å². The largest absolute Gasteiger partial charge is 0.496 e. The number of hydrogen-bond donors (Lipinski definition) is 1. The van der Waals surface area contributed by atoms with E-state index in [1.165, 1.54) is 11.1 Å². The first kappa shape index (κ1) is 16.0. The van der Waals surface area contributed by atoms with Gasteiger partial charge < -0.3 is 14.7 Å². The van der Waals surface area contributed by atoms with Crippen molar-refractivity contribution in [2.24, 2.45) is 0 Å². The van der Waals surface area contributed by atoms with Crippen LogP contribution in [0.4, 0.5) is 0 Å². The zero-order valence-corrected chi connectivity index (χ0v) is 12.6. The number of ether oxygens (including phenoxy) is 1. The normalized spacial score (nSPS) is 11.3. The third-order valence-corrected chi connectivity index (χ3v) is 3.43. The molecule has 3 nitrogen and oxygen atoms in total. The third kappa shape index (κ3) is 5.21. The molecule has 1 aromatic rings. The Morgan fingerprint density at radius 1 is 1.26 bits per heavy atom. The lowest BCUT2D eigenvalue weighted by molar-refractivity contribution is 0.248. The molecule has 0 fully saturated rings. The second kappa shape index (κ2) is 8.18. The molecule has 108 valence electrons. The Morgan fingerprint density at radius 3 is 2.58 bits per heavy atom. The average Bonchev–Trinajstić information content (AvgIpc) is 2.42. The molecule has 19 heavy (non-hydrogen) atoms. The summed E-state index contributed by atoms with van der Waals surface area (Å²) in [7, 11) is 3.82. The van der Waals surface area contributed by atoms with Crippen molar-refractivity contribution in [3.05, 3.63) is 29.3 Å². The van der Waals surface area contributed by atoms with E-state index in [2.05, 4.69) is 44.0 Å². The molecule has 0 atom stereocenters. The summed E-state index contributed by atoms with van der Waals surface area (Å²) in [5.74, 6) is 1.51. The van der Waals surface area contributed by atoms with Gasteiger partial charge in [0, 0.05) is 19.7 Å². The first-order valence-corrected chi connectivity index (χ1v) is 7.04. The Hall–Kier alpha value is -1.06. The quantitative estimate of drug-likeness (QED) is 0.784. The fraction of sp³-hybridized carbons (Fsp3) is 0.625. The maximum absolute atomic E-state index is 8.83. The lowest BCUT2D eigenvalue weighted by atomic mass is 9.99. The van der Waals surface area contributed by atoms with Gasteiger partial charge in [-0.25, -0.2) is 0 Å². The summed E-state index contributed by atoms with van der Waals surface area (Å²) >= 11 is 0. The predicted octanol–water partition coefficient (Wildman–Crippen LogP) is 2.68. The van der Waals surface area contributed by atoms with Crippen LogP contribution in [0.5, 0.6) is 5.75 Å². The first-order chi connectivity index (χ1) is 9.08. The topological polar surface area (TPSA) is 32.7 Å². The number of nitrogens with zero attached hydrogens (tertiary/aromatic N) is 1. The highest BCUT2D eigenvalue weighted by Crippen LogP contribution is 2.24. The van der Waals surface area contributed by atoms with E-state index in [-0.39, 0.29) is 6.61 Å². The fourth-order valence-electron chi connectivity index (χ4n) is 2.12. The van der Waals surface area contributed by atoms with Crippen LogP contribution in [0.25, 0.3) is 0 Å². The Bertz CT molecular complexity index is 377. The molecule has 0 saturated carbocycles. The smallest absolute Gasteiger partial charge is 0.122 e. The highest BCUT2D eigenvalue weighted by atomic mass is 16.5. The maximum atomic E-state index is 8.83. The molecule has 0 bridgehead atoms. The van der Waals surface area contributed by atoms with E-state index in [1.54, 1.807) is 7.11 Å². The summed E-state index contributed by atoms with van der Waals surface area (Å²) in [6.07, 6.45) is 1.81. The summed E-state index contributed by atoms with van der Waals surface area (Å²) in [4.78, 5) is 2.25. The molecule has 3 heteroatoms. The molecule has 0 aromatic heterocycles. The average molecular weight is 265 g/mol. The van der Waals surface area contributed by atoms with Crippen LogP contribution >= 0.6 is 0 Å². The molecule has 0 amide bonds. The Labute approximate surface area is 117 Å². The van der Waals surface area contributed by atoms with Crippen LogP contribution in [0.2, 0.25) is 0 Å². The monoisotopic (exact) mass is 265 g/mol. The number of hydrogen-bond acceptors (Lipinski definition) is 3. The molecular weight excluding hydrogens is 238 g/mol. The zero-order chi connectivity index (χ0) is 14.3. The predicted molar refractivity (Wildman–Crippen MR) is 80.0 cm³/mol. The van der Waals surface area contributed by atoms with Gasteiger partial charge in [0.2, 0.25) is 0 Å². The Kier molecular flexibility index (Phi) is 6.89. The molecule has 1 rings (SSSR count). The molecule has 0 aliphatic carbocycles. The summed E-state index contributed by atoms with van der Waals surface area (Å²) in [6, 6.07) is 6.46. The van der Waals surface area contributed by atoms with Gasteiger partial charge in [-0.3, -0.25) is 0 Å². The minimum Gasteiger partial charge on any atom is -0.496 e. The molecule has 1 aromatic carbocycles. The van der Waals surface area contributed by atoms with Crippen LogP contribution in [-0.4, -0.2) is 43.9 Å². The molecule has 1 N–H and O–H groups in total. The van der Waals surface area contributed by atoms with Gasteiger partial charge in [0.05, 0.1) is 7.11 Å². The van der Waals surface area contributed by atoms with Gasteiger partial charge >= 0.3 is 0 Å². The molecule has 0 aliphatic rings. The van der Waals surface area contributed by atoms with Crippen LogP contribution in [0.3, 0.4) is 0 Å². The van der Waals surface area contributed by atoms with E-state index in [0.29, 0.717) is 5.92 Å². The zero-order valence-electron chi connectivity index (χ0n) is 12.6. The SMILES string of the molecule is COc1ccc(C(C)C)cc1CCN(C)CCCO. The summed E-state index contributed by atoms with van der Waals surface area (Å²) in [5.41, 5.74) is 2.62. The van der Waals surface area contributed by atoms with Crippen LogP contribution in [0.1, 0.15) is 37.3 Å². The van der Waals surface area contributed by atoms with Crippen molar-refractivity contribution in [1.29, 1.82) is 0 Å². The molecule has 0 aliphatic heterocycles. The van der Waals surface area contributed by atoms with Crippen molar-refractivity contribution >= 4 is 0 Å². The highest BCUT2D eigenvalue weighted by molar-refractivity contribution is 5.38. The number of likely N-dealkylation sites (N-methyl/N-ethyl adjacent to an activating group) is 1. The Balaban J connectivity index is 2.67. The second-order valence-corrected chi connectivity index (χ2v) is 5.36. The van der Waals surface area contributed by atoms with Crippen LogP contribution in [0, 0.1) is 0 Å². The van der Waals surface area contributed by atoms with Crippen LogP contribution in [0.15, 0.2) is 18.2 Å². The van der Waals surface area contributed by atoms with Gasteiger partial charge in [-0.2, -0.15) is 0 Å². The van der Waals surface area contributed by atoms with E-state index in [0.717, 1.165) is 31.7 Å². The molecule has 0 spiro atoms. The number of rotatable bonds is 8. The van der Waals surface area contributed by atoms with Gasteiger partial charge in [-0.05, 0) is 43.0 Å². The van der Waals surface area contributed by atoms with Crippen molar-refractivity contribution < 1.29 is 9.84 Å². The number of methoxy groups -OCH3 is 1. The second-order valence-electron chi connectivity index (χ2n) is 5.36. The van der Waals surface area contributed by atoms with Crippen molar-refractivity contribution in [2.75, 3.05) is 33.9 Å². The van der Waals surface area contributed by atoms with Gasteiger partial charge in [0.1, 0.15) is 5.75 Å². The van der Waals surface area contributed by atoms with E-state index < -0.39 is 0 Å². The van der Waals surface area contributed by atoms with Crippen molar-refractivity contribution in [2.45, 2.75) is 32.6 Å². The van der Waals surface area contributed by atoms with Gasteiger partial charge in [0.25, 0.3) is 0 Å². The van der Waals surface area contributed by atoms with Crippen LogP contribution < -0.4 is 4.74 Å².